The molecule has 0 bridgehead atoms. The summed E-state index contributed by atoms with van der Waals surface area (Å²) < 4.78 is 0. The fraction of sp³-hybridized carbons (Fsp3) is 0.941. The lowest BCUT2D eigenvalue weighted by Gasteiger charge is -2.22. The Labute approximate surface area is 135 Å². The lowest BCUT2D eigenvalue weighted by Crippen LogP contribution is -2.37. The topological polar surface area (TPSA) is 65.2 Å². The molecule has 0 radical (unpaired) electrons. The van der Waals surface area contributed by atoms with Crippen LogP contribution in [0, 0.1) is 11.8 Å². The van der Waals surface area contributed by atoms with Gasteiger partial charge >= 0.3 is 6.03 Å². The molecule has 4 N–H and O–H groups in total. The summed E-state index contributed by atoms with van der Waals surface area (Å²) in [6, 6.07) is 0.00328. The second-order valence-corrected chi connectivity index (χ2v) is 6.89. The van der Waals surface area contributed by atoms with Gasteiger partial charge in [0.05, 0.1) is 0 Å². The Bertz CT molecular complexity index is 271. The summed E-state index contributed by atoms with van der Waals surface area (Å²) in [4.78, 5) is 11.7. The van der Waals surface area contributed by atoms with E-state index in [0.29, 0.717) is 0 Å². The van der Waals surface area contributed by atoms with E-state index in [1.165, 1.54) is 51.6 Å². The van der Waals surface area contributed by atoms with Crippen molar-refractivity contribution in [1.29, 1.82) is 0 Å². The maximum Gasteiger partial charge on any atom is 0.314 e. The molecule has 2 amide bonds. The second-order valence-electron chi connectivity index (χ2n) is 6.89. The second kappa shape index (κ2) is 10.8. The van der Waals surface area contributed by atoms with Crippen LogP contribution in [0.3, 0.4) is 0 Å². The van der Waals surface area contributed by atoms with E-state index < -0.39 is 0 Å². The van der Waals surface area contributed by atoms with Crippen molar-refractivity contribution in [2.75, 3.05) is 39.3 Å². The first-order valence-electron chi connectivity index (χ1n) is 9.27. The average molecular weight is 310 g/mol. The first-order valence-corrected chi connectivity index (χ1v) is 9.27. The van der Waals surface area contributed by atoms with Crippen LogP contribution in [-0.2, 0) is 0 Å². The highest BCUT2D eigenvalue weighted by Gasteiger charge is 2.13. The standard InChI is InChI=1S/C17H34N4O/c22-17(20-11-3-7-15-5-1-9-18-13-15)21-12-4-8-16-6-2-10-19-14-16/h15-16,18-19H,1-14H2,(H2,20,21,22). The number of nitrogens with one attached hydrogen (secondary N) is 4. The Kier molecular flexibility index (Phi) is 8.64. The summed E-state index contributed by atoms with van der Waals surface area (Å²) in [6.45, 7) is 6.26. The van der Waals surface area contributed by atoms with Crippen molar-refractivity contribution in [2.45, 2.75) is 51.4 Å². The molecule has 5 nitrogen and oxygen atoms in total. The van der Waals surface area contributed by atoms with Gasteiger partial charge < -0.3 is 21.3 Å². The van der Waals surface area contributed by atoms with Gasteiger partial charge in [-0.1, -0.05) is 0 Å². The van der Waals surface area contributed by atoms with Crippen LogP contribution in [0.2, 0.25) is 0 Å². The molecule has 2 rings (SSSR count). The van der Waals surface area contributed by atoms with Crippen molar-refractivity contribution in [3.63, 3.8) is 0 Å². The fourth-order valence-electron chi connectivity index (χ4n) is 3.59. The largest absolute Gasteiger partial charge is 0.338 e. The molecule has 0 aromatic rings. The van der Waals surface area contributed by atoms with Crippen molar-refractivity contribution in [1.82, 2.24) is 21.3 Å². The minimum absolute atomic E-state index is 0.00328. The van der Waals surface area contributed by atoms with Crippen LogP contribution < -0.4 is 21.3 Å². The number of hydrogen-bond acceptors (Lipinski definition) is 3. The molecule has 0 aromatic heterocycles. The molecular weight excluding hydrogens is 276 g/mol. The number of hydrogen-bond donors (Lipinski definition) is 4. The zero-order valence-corrected chi connectivity index (χ0v) is 14.0. The minimum atomic E-state index is 0.00328. The predicted molar refractivity (Wildman–Crippen MR) is 91.1 cm³/mol. The Morgan fingerprint density at radius 3 is 1.77 bits per heavy atom. The third-order valence-corrected chi connectivity index (χ3v) is 4.95. The van der Waals surface area contributed by atoms with Crippen LogP contribution in [0.1, 0.15) is 51.4 Å². The van der Waals surface area contributed by atoms with Gasteiger partial charge in [0.25, 0.3) is 0 Å². The normalized spacial score (nSPS) is 25.6. The summed E-state index contributed by atoms with van der Waals surface area (Å²) in [7, 11) is 0. The number of carbonyl (C=O) groups excluding carboxylic acids is 1. The van der Waals surface area contributed by atoms with E-state index >= 15 is 0 Å². The molecule has 2 aliphatic rings. The SMILES string of the molecule is O=C(NCCCC1CCCNC1)NCCCC1CCCNC1. The molecule has 5 heteroatoms. The van der Waals surface area contributed by atoms with E-state index in [0.717, 1.165) is 50.9 Å². The quantitative estimate of drug-likeness (QED) is 0.517. The highest BCUT2D eigenvalue weighted by molar-refractivity contribution is 5.73. The van der Waals surface area contributed by atoms with Crippen molar-refractivity contribution in [2.24, 2.45) is 11.8 Å². The molecule has 128 valence electrons. The number of amides is 2. The van der Waals surface area contributed by atoms with Crippen molar-refractivity contribution >= 4 is 6.03 Å². The highest BCUT2D eigenvalue weighted by Crippen LogP contribution is 2.16. The van der Waals surface area contributed by atoms with E-state index in [1.54, 1.807) is 0 Å². The molecule has 0 aromatic carbocycles. The van der Waals surface area contributed by atoms with Gasteiger partial charge in [-0.25, -0.2) is 4.79 Å². The molecule has 22 heavy (non-hydrogen) atoms. The molecule has 0 saturated carbocycles. The fourth-order valence-corrected chi connectivity index (χ4v) is 3.59. The van der Waals surface area contributed by atoms with Crippen LogP contribution in [0.4, 0.5) is 4.79 Å². The maximum atomic E-state index is 11.7. The molecule has 0 spiro atoms. The van der Waals surface area contributed by atoms with Gasteiger partial charge in [-0.15, -0.1) is 0 Å². The summed E-state index contributed by atoms with van der Waals surface area (Å²) in [6.07, 6.45) is 9.92. The molecule has 0 aliphatic carbocycles. The molecule has 2 aliphatic heterocycles. The van der Waals surface area contributed by atoms with Crippen molar-refractivity contribution < 1.29 is 4.79 Å². The van der Waals surface area contributed by atoms with Gasteiger partial charge in [-0.3, -0.25) is 0 Å². The van der Waals surface area contributed by atoms with Gasteiger partial charge in [-0.05, 0) is 89.4 Å². The first kappa shape index (κ1) is 17.5. The monoisotopic (exact) mass is 310 g/mol. The molecular formula is C17H34N4O. The Balaban J connectivity index is 1.39. The summed E-state index contributed by atoms with van der Waals surface area (Å²) in [5, 5.41) is 12.8. The number of carbonyl (C=O) groups is 1. The van der Waals surface area contributed by atoms with E-state index in [9.17, 15) is 4.79 Å². The third-order valence-electron chi connectivity index (χ3n) is 4.95. The third kappa shape index (κ3) is 7.45. The Hall–Kier alpha value is -0.810. The van der Waals surface area contributed by atoms with Gasteiger partial charge in [0, 0.05) is 13.1 Å². The van der Waals surface area contributed by atoms with Crippen LogP contribution in [0.15, 0.2) is 0 Å². The number of urea groups is 1. The molecule has 2 atom stereocenters. The number of rotatable bonds is 8. The molecule has 2 unspecified atom stereocenters. The number of piperidine rings is 2. The summed E-state index contributed by atoms with van der Waals surface area (Å²) >= 11 is 0. The summed E-state index contributed by atoms with van der Waals surface area (Å²) in [5.41, 5.74) is 0. The van der Waals surface area contributed by atoms with E-state index in [-0.39, 0.29) is 6.03 Å². The van der Waals surface area contributed by atoms with E-state index in [4.69, 9.17) is 0 Å². The van der Waals surface area contributed by atoms with E-state index in [2.05, 4.69) is 21.3 Å². The van der Waals surface area contributed by atoms with E-state index in [1.807, 2.05) is 0 Å². The van der Waals surface area contributed by atoms with Crippen LogP contribution in [0.25, 0.3) is 0 Å². The highest BCUT2D eigenvalue weighted by atomic mass is 16.2. The zero-order valence-electron chi connectivity index (χ0n) is 14.0. The van der Waals surface area contributed by atoms with Crippen molar-refractivity contribution in [3.05, 3.63) is 0 Å². The van der Waals surface area contributed by atoms with Gasteiger partial charge in [0.15, 0.2) is 0 Å². The first-order chi connectivity index (χ1) is 10.8. The molecule has 2 saturated heterocycles. The average Bonchev–Trinajstić information content (AvgIpc) is 2.57. The molecule has 2 fully saturated rings. The predicted octanol–water partition coefficient (Wildman–Crippen LogP) is 1.85. The van der Waals surface area contributed by atoms with Gasteiger partial charge in [-0.2, -0.15) is 0 Å². The maximum absolute atomic E-state index is 11.7. The smallest absolute Gasteiger partial charge is 0.314 e. The zero-order chi connectivity index (χ0) is 15.5. The van der Waals surface area contributed by atoms with Gasteiger partial charge in [0.2, 0.25) is 0 Å². The van der Waals surface area contributed by atoms with Crippen LogP contribution >= 0.6 is 0 Å². The minimum Gasteiger partial charge on any atom is -0.338 e. The van der Waals surface area contributed by atoms with Crippen LogP contribution in [-0.4, -0.2) is 45.3 Å². The molecule has 2 heterocycles. The lowest BCUT2D eigenvalue weighted by molar-refractivity contribution is 0.239. The van der Waals surface area contributed by atoms with Crippen molar-refractivity contribution in [3.8, 4) is 0 Å². The lowest BCUT2D eigenvalue weighted by atomic mass is 9.95. The Morgan fingerprint density at radius 1 is 0.864 bits per heavy atom. The Morgan fingerprint density at radius 2 is 1.36 bits per heavy atom. The summed E-state index contributed by atoms with van der Waals surface area (Å²) in [5.74, 6) is 1.62. The van der Waals surface area contributed by atoms with Gasteiger partial charge in [0.1, 0.15) is 0 Å². The van der Waals surface area contributed by atoms with Crippen LogP contribution in [0.5, 0.6) is 0 Å².